The number of H-pyrrole nitrogens is 1. The number of pyridine rings is 1. The third-order valence-corrected chi connectivity index (χ3v) is 5.72. The van der Waals surface area contributed by atoms with Crippen LogP contribution in [0.4, 0.5) is 5.82 Å². The number of aromatic amines is 1. The molecule has 0 atom stereocenters. The smallest absolute Gasteiger partial charge is 0.365 e. The van der Waals surface area contributed by atoms with Crippen LogP contribution in [0, 0.1) is 6.57 Å². The van der Waals surface area contributed by atoms with Crippen LogP contribution in [-0.4, -0.2) is 23.9 Å². The molecule has 0 radical (unpaired) electrons. The molecule has 4 heterocycles. The van der Waals surface area contributed by atoms with Crippen LogP contribution in [-0.2, 0) is 6.54 Å². The molecule has 1 N–H and O–H groups in total. The summed E-state index contributed by atoms with van der Waals surface area (Å²) in [6.07, 6.45) is 3.26. The summed E-state index contributed by atoms with van der Waals surface area (Å²) in [6.45, 7) is 7.29. The van der Waals surface area contributed by atoms with E-state index in [1.807, 2.05) is 4.98 Å². The Bertz CT molecular complexity index is 1760. The molecule has 0 spiro atoms. The first kappa shape index (κ1) is 21.5. The molecule has 1 aromatic carbocycles. The number of benzene rings is 1. The van der Waals surface area contributed by atoms with Gasteiger partial charge in [0.1, 0.15) is 5.76 Å². The summed E-state index contributed by atoms with van der Waals surface area (Å²) < 4.78 is 9.50. The van der Waals surface area contributed by atoms with E-state index < -0.39 is 17.1 Å². The van der Waals surface area contributed by atoms with Crippen molar-refractivity contribution in [3.05, 3.63) is 113 Å². The van der Waals surface area contributed by atoms with Crippen LogP contribution in [0.5, 0.6) is 0 Å². The number of rotatable bonds is 4. The van der Waals surface area contributed by atoms with Crippen molar-refractivity contribution in [2.24, 2.45) is 0 Å². The predicted octanol–water partition coefficient (Wildman–Crippen LogP) is 3.53. The minimum atomic E-state index is -0.885. The van der Waals surface area contributed by atoms with Gasteiger partial charge >= 0.3 is 11.5 Å². The number of aromatic nitrogens is 5. The molecular weight excluding hydrogens is 483 g/mol. The maximum absolute atomic E-state index is 12.5. The average Bonchev–Trinajstić information content (AvgIpc) is 3.46. The van der Waals surface area contributed by atoms with Gasteiger partial charge in [-0.25, -0.2) is 4.79 Å². The van der Waals surface area contributed by atoms with Crippen molar-refractivity contribution in [3.8, 4) is 11.4 Å². The molecule has 0 saturated carbocycles. The molecule has 10 nitrogen and oxygen atoms in total. The molecule has 5 aromatic rings. The van der Waals surface area contributed by atoms with E-state index in [2.05, 4.69) is 9.94 Å². The monoisotopic (exact) mass is 494 g/mol. The molecule has 0 amide bonds. The van der Waals surface area contributed by atoms with Gasteiger partial charge in [-0.3, -0.25) is 19.1 Å². The molecule has 0 aliphatic carbocycles. The highest BCUT2D eigenvalue weighted by atomic mass is 35.5. The number of hydrogen-bond acceptors (Lipinski definition) is 5. The summed E-state index contributed by atoms with van der Waals surface area (Å²) in [4.78, 5) is 41.4. The Morgan fingerprint density at radius 1 is 1.06 bits per heavy atom. The van der Waals surface area contributed by atoms with Crippen molar-refractivity contribution in [3.63, 3.8) is 0 Å². The Morgan fingerprint density at radius 3 is 2.50 bits per heavy atom. The van der Waals surface area contributed by atoms with E-state index in [0.29, 0.717) is 22.5 Å². The minimum Gasteiger partial charge on any atom is -0.467 e. The fourth-order valence-electron chi connectivity index (χ4n) is 3.65. The predicted molar refractivity (Wildman–Crippen MR) is 126 cm³/mol. The Kier molecular flexibility index (Phi) is 5.20. The summed E-state index contributed by atoms with van der Waals surface area (Å²) in [7, 11) is 0. The summed E-state index contributed by atoms with van der Waals surface area (Å²) in [5.74, 6) is 0.127. The third-order valence-electron chi connectivity index (χ3n) is 5.14. The first-order valence-electron chi connectivity index (χ1n) is 9.71. The normalized spacial score (nSPS) is 11.1. The molecule has 12 heteroatoms. The van der Waals surface area contributed by atoms with E-state index in [0.717, 1.165) is 4.68 Å². The number of hydrogen-bond donors (Lipinski definition) is 1. The molecule has 0 aliphatic heterocycles. The van der Waals surface area contributed by atoms with Gasteiger partial charge in [0.05, 0.1) is 45.3 Å². The van der Waals surface area contributed by atoms with Crippen molar-refractivity contribution in [1.82, 2.24) is 23.9 Å². The quantitative estimate of drug-likeness (QED) is 0.384. The first-order valence-corrected chi connectivity index (χ1v) is 10.5. The Morgan fingerprint density at radius 2 is 1.82 bits per heavy atom. The van der Waals surface area contributed by atoms with Gasteiger partial charge in [0.25, 0.3) is 11.1 Å². The average molecular weight is 495 g/mol. The fraction of sp³-hybridized carbons (Fsp3) is 0.0455. The second-order valence-electron chi connectivity index (χ2n) is 7.16. The van der Waals surface area contributed by atoms with E-state index in [1.165, 1.54) is 24.5 Å². The summed E-state index contributed by atoms with van der Waals surface area (Å²) in [6, 6.07) is 11.3. The van der Waals surface area contributed by atoms with Crippen LogP contribution in [0.3, 0.4) is 0 Å². The molecular formula is C22H12Cl2N6O4. The maximum atomic E-state index is 12.5. The van der Waals surface area contributed by atoms with Gasteiger partial charge in [0.2, 0.25) is 0 Å². The Hall–Kier alpha value is -4.33. The number of nitrogens with zero attached hydrogens (tertiary/aromatic N) is 5. The maximum Gasteiger partial charge on any atom is 0.365 e. The zero-order valence-corrected chi connectivity index (χ0v) is 18.5. The number of furan rings is 1. The molecule has 0 aliphatic rings. The lowest BCUT2D eigenvalue weighted by atomic mass is 10.2. The van der Waals surface area contributed by atoms with Gasteiger partial charge in [0.15, 0.2) is 0 Å². The van der Waals surface area contributed by atoms with Crippen LogP contribution < -0.4 is 16.8 Å². The van der Waals surface area contributed by atoms with Crippen molar-refractivity contribution in [2.75, 3.05) is 0 Å². The summed E-state index contributed by atoms with van der Waals surface area (Å²) >= 11 is 13.1. The largest absolute Gasteiger partial charge is 0.467 e. The van der Waals surface area contributed by atoms with Gasteiger partial charge < -0.3 is 13.8 Å². The molecule has 0 bridgehead atoms. The molecule has 34 heavy (non-hydrogen) atoms. The van der Waals surface area contributed by atoms with Crippen LogP contribution in [0.15, 0.2) is 73.7 Å². The van der Waals surface area contributed by atoms with Gasteiger partial charge in [-0.2, -0.15) is 0 Å². The Balaban J connectivity index is 1.65. The van der Waals surface area contributed by atoms with Crippen molar-refractivity contribution in [2.45, 2.75) is 6.54 Å². The van der Waals surface area contributed by atoms with Crippen LogP contribution in [0.2, 0.25) is 10.0 Å². The highest BCUT2D eigenvalue weighted by Gasteiger charge is 2.18. The molecule has 0 saturated heterocycles. The van der Waals surface area contributed by atoms with Crippen LogP contribution >= 0.6 is 23.2 Å². The lowest BCUT2D eigenvalue weighted by Crippen LogP contribution is -2.30. The van der Waals surface area contributed by atoms with Crippen molar-refractivity contribution >= 4 is 40.1 Å². The second kappa shape index (κ2) is 8.22. The third kappa shape index (κ3) is 3.53. The molecule has 0 unspecified atom stereocenters. The SMILES string of the molecule is [C-]#[N+]c1nn(-c2cc(Cl)c(-n3ccc4c3ccc(=O)n4Cc3ccco3)c(Cl)c2)c(=O)[nH]c1=O. The molecule has 4 aromatic heterocycles. The topological polar surface area (TPSA) is 112 Å². The van der Waals surface area contributed by atoms with Gasteiger partial charge in [-0.1, -0.05) is 29.8 Å². The zero-order chi connectivity index (χ0) is 24.0. The van der Waals surface area contributed by atoms with E-state index in [4.69, 9.17) is 34.2 Å². The van der Waals surface area contributed by atoms with Crippen LogP contribution in [0.25, 0.3) is 27.3 Å². The van der Waals surface area contributed by atoms with Gasteiger partial charge in [-0.15, -0.1) is 4.68 Å². The lowest BCUT2D eigenvalue weighted by molar-refractivity contribution is 0.493. The fourth-order valence-corrected chi connectivity index (χ4v) is 4.31. The van der Waals surface area contributed by atoms with E-state index in [9.17, 15) is 14.4 Å². The van der Waals surface area contributed by atoms with Gasteiger partial charge in [0, 0.05) is 12.3 Å². The van der Waals surface area contributed by atoms with E-state index in [-0.39, 0.29) is 27.8 Å². The Labute approximate surface area is 199 Å². The van der Waals surface area contributed by atoms with Crippen molar-refractivity contribution in [1.29, 1.82) is 0 Å². The standard InChI is InChI=1S/C22H12Cl2N6O4/c1-25-20-21(32)26-22(33)30(27-20)12-9-14(23)19(15(24)10-12)28-7-6-17-16(28)4-5-18(31)29(17)11-13-3-2-8-34-13/h2-10H,11H2,(H,26,32,33). The lowest BCUT2D eigenvalue weighted by Gasteiger charge is -2.13. The highest BCUT2D eigenvalue weighted by Crippen LogP contribution is 2.33. The van der Waals surface area contributed by atoms with E-state index >= 15 is 0 Å². The second-order valence-corrected chi connectivity index (χ2v) is 7.97. The highest BCUT2D eigenvalue weighted by molar-refractivity contribution is 6.38. The number of nitrogens with one attached hydrogen (secondary N) is 1. The molecule has 0 fully saturated rings. The number of halogens is 2. The number of fused-ring (bicyclic) bond motifs is 1. The van der Waals surface area contributed by atoms with Crippen LogP contribution in [0.1, 0.15) is 5.76 Å². The molecule has 168 valence electrons. The van der Waals surface area contributed by atoms with E-state index in [1.54, 1.807) is 39.6 Å². The first-order chi connectivity index (χ1) is 16.4. The van der Waals surface area contributed by atoms with Crippen molar-refractivity contribution < 1.29 is 4.42 Å². The van der Waals surface area contributed by atoms with Gasteiger partial charge in [-0.05, 0) is 41.5 Å². The summed E-state index contributed by atoms with van der Waals surface area (Å²) in [5.41, 5.74) is -0.0506. The zero-order valence-electron chi connectivity index (χ0n) is 17.0. The summed E-state index contributed by atoms with van der Waals surface area (Å²) in [5, 5.41) is 4.13. The minimum absolute atomic E-state index is 0.163. The molecule has 5 rings (SSSR count).